The molecule has 1 aliphatic heterocycles. The van der Waals surface area contributed by atoms with Crippen molar-refractivity contribution in [3.05, 3.63) is 0 Å². The fourth-order valence-electron chi connectivity index (χ4n) is 1.61. The van der Waals surface area contributed by atoms with E-state index in [2.05, 4.69) is 0 Å². The molecule has 70 valence electrons. The molecule has 1 saturated heterocycles. The predicted octanol–water partition coefficient (Wildman–Crippen LogP) is 0.897. The lowest BCUT2D eigenvalue weighted by Gasteiger charge is -2.33. The molecule has 0 spiro atoms. The zero-order valence-corrected chi connectivity index (χ0v) is 7.51. The molecule has 3 nitrogen and oxygen atoms in total. The van der Waals surface area contributed by atoms with Gasteiger partial charge < -0.3 is 9.84 Å². The third-order valence-electron chi connectivity index (χ3n) is 2.44. The predicted molar refractivity (Wildman–Crippen MR) is 44.9 cm³/mol. The van der Waals surface area contributed by atoms with E-state index in [9.17, 15) is 4.79 Å². The van der Waals surface area contributed by atoms with Crippen LogP contribution in [0.2, 0.25) is 0 Å². The molecule has 3 heteroatoms. The summed E-state index contributed by atoms with van der Waals surface area (Å²) in [5, 5.41) is 9.10. The number of carbonyl (C=O) groups excluding carboxylic acids is 1. The molecule has 0 saturated carbocycles. The molecule has 12 heavy (non-hydrogen) atoms. The molecule has 0 aromatic carbocycles. The number of aliphatic hydroxyl groups is 1. The van der Waals surface area contributed by atoms with Crippen LogP contribution in [0.1, 0.15) is 32.6 Å². The molecule has 1 N–H and O–H groups in total. The van der Waals surface area contributed by atoms with E-state index >= 15 is 0 Å². The minimum atomic E-state index is -0.854. The van der Waals surface area contributed by atoms with E-state index in [0.717, 1.165) is 12.8 Å². The number of aliphatic hydroxyl groups excluding tert-OH is 1. The molecule has 1 atom stereocenters. The first kappa shape index (κ1) is 9.68. The molecule has 1 rings (SSSR count). The van der Waals surface area contributed by atoms with Gasteiger partial charge in [-0.25, -0.2) is 0 Å². The average Bonchev–Trinajstić information content (AvgIpc) is 2.17. The number of carbonyl (C=O) groups is 1. The fourth-order valence-corrected chi connectivity index (χ4v) is 1.61. The zero-order valence-electron chi connectivity index (χ0n) is 7.51. The maximum absolute atomic E-state index is 11.4. The maximum atomic E-state index is 11.4. The first-order valence-corrected chi connectivity index (χ1v) is 4.53. The molecule has 0 aliphatic carbocycles. The minimum Gasteiger partial charge on any atom is -0.393 e. The van der Waals surface area contributed by atoms with Gasteiger partial charge in [-0.15, -0.1) is 0 Å². The quantitative estimate of drug-likeness (QED) is 0.688. The zero-order chi connectivity index (χ0) is 9.03. The van der Waals surface area contributed by atoms with Crippen molar-refractivity contribution in [2.24, 2.45) is 0 Å². The summed E-state index contributed by atoms with van der Waals surface area (Å²) < 4.78 is 5.37. The van der Waals surface area contributed by atoms with Crippen molar-refractivity contribution in [1.82, 2.24) is 0 Å². The highest BCUT2D eigenvalue weighted by Gasteiger charge is 2.38. The summed E-state index contributed by atoms with van der Waals surface area (Å²) in [6, 6.07) is 0. The van der Waals surface area contributed by atoms with Crippen molar-refractivity contribution in [3.63, 3.8) is 0 Å². The fraction of sp³-hybridized carbons (Fsp3) is 0.889. The molecule has 1 heterocycles. The number of rotatable bonds is 3. The molecule has 1 fully saturated rings. The van der Waals surface area contributed by atoms with Gasteiger partial charge >= 0.3 is 0 Å². The third-order valence-corrected chi connectivity index (χ3v) is 2.44. The van der Waals surface area contributed by atoms with Crippen LogP contribution in [0, 0.1) is 0 Å². The number of ether oxygens (including phenoxy) is 1. The van der Waals surface area contributed by atoms with Crippen molar-refractivity contribution in [2.75, 3.05) is 13.2 Å². The summed E-state index contributed by atoms with van der Waals surface area (Å²) in [6.45, 7) is 2.24. The Bertz CT molecular complexity index is 159. The van der Waals surface area contributed by atoms with Crippen LogP contribution in [0.15, 0.2) is 0 Å². The van der Waals surface area contributed by atoms with E-state index in [4.69, 9.17) is 9.84 Å². The summed E-state index contributed by atoms with van der Waals surface area (Å²) in [6.07, 6.45) is 3.10. The molecular weight excluding hydrogens is 156 g/mol. The van der Waals surface area contributed by atoms with Gasteiger partial charge in [0.25, 0.3) is 0 Å². The summed E-state index contributed by atoms with van der Waals surface area (Å²) in [7, 11) is 0. The van der Waals surface area contributed by atoms with Crippen LogP contribution in [0.3, 0.4) is 0 Å². The van der Waals surface area contributed by atoms with Crippen molar-refractivity contribution in [2.45, 2.75) is 38.2 Å². The van der Waals surface area contributed by atoms with Gasteiger partial charge in [-0.3, -0.25) is 4.79 Å². The Morgan fingerprint density at radius 2 is 2.33 bits per heavy atom. The topological polar surface area (TPSA) is 46.5 Å². The molecule has 1 aliphatic rings. The Labute approximate surface area is 72.7 Å². The summed E-state index contributed by atoms with van der Waals surface area (Å²) in [4.78, 5) is 11.4. The Morgan fingerprint density at radius 1 is 1.58 bits per heavy atom. The van der Waals surface area contributed by atoms with Gasteiger partial charge in [0.1, 0.15) is 5.60 Å². The number of hydrogen-bond acceptors (Lipinski definition) is 3. The van der Waals surface area contributed by atoms with E-state index in [1.165, 1.54) is 0 Å². The molecule has 1 unspecified atom stereocenters. The van der Waals surface area contributed by atoms with Crippen LogP contribution in [-0.2, 0) is 9.53 Å². The lowest BCUT2D eigenvalue weighted by atomic mass is 9.89. The number of ketones is 1. The monoisotopic (exact) mass is 172 g/mol. The maximum Gasteiger partial charge on any atom is 0.166 e. The lowest BCUT2D eigenvalue weighted by Crippen LogP contribution is -2.47. The highest BCUT2D eigenvalue weighted by molar-refractivity contribution is 5.87. The van der Waals surface area contributed by atoms with Crippen molar-refractivity contribution < 1.29 is 14.6 Å². The van der Waals surface area contributed by atoms with Gasteiger partial charge in [0.05, 0.1) is 6.61 Å². The molecular formula is C9H16O3. The van der Waals surface area contributed by atoms with Gasteiger partial charge in [0.2, 0.25) is 0 Å². The first-order chi connectivity index (χ1) is 5.75. The van der Waals surface area contributed by atoms with E-state index in [1.54, 1.807) is 6.92 Å². The lowest BCUT2D eigenvalue weighted by molar-refractivity contribution is -0.158. The summed E-state index contributed by atoms with van der Waals surface area (Å²) in [5.41, 5.74) is -0.854. The average molecular weight is 172 g/mol. The second-order valence-corrected chi connectivity index (χ2v) is 3.23. The van der Waals surface area contributed by atoms with Crippen molar-refractivity contribution in [3.8, 4) is 0 Å². The summed E-state index contributed by atoms with van der Waals surface area (Å²) in [5.74, 6) is 0.0321. The van der Waals surface area contributed by atoms with E-state index in [-0.39, 0.29) is 12.4 Å². The van der Waals surface area contributed by atoms with Crippen molar-refractivity contribution in [1.29, 1.82) is 0 Å². The van der Waals surface area contributed by atoms with Gasteiger partial charge in [-0.05, 0) is 19.3 Å². The van der Waals surface area contributed by atoms with Crippen LogP contribution in [0.4, 0.5) is 0 Å². The molecule has 0 aromatic rings. The van der Waals surface area contributed by atoms with Crippen LogP contribution >= 0.6 is 0 Å². The van der Waals surface area contributed by atoms with Gasteiger partial charge in [-0.1, -0.05) is 6.92 Å². The van der Waals surface area contributed by atoms with Crippen LogP contribution in [-0.4, -0.2) is 29.7 Å². The second-order valence-electron chi connectivity index (χ2n) is 3.23. The normalized spacial score (nSPS) is 30.2. The van der Waals surface area contributed by atoms with Crippen LogP contribution in [0.25, 0.3) is 0 Å². The van der Waals surface area contributed by atoms with E-state index in [1.807, 2.05) is 0 Å². The highest BCUT2D eigenvalue weighted by Crippen LogP contribution is 2.26. The smallest absolute Gasteiger partial charge is 0.166 e. The Morgan fingerprint density at radius 3 is 2.75 bits per heavy atom. The minimum absolute atomic E-state index is 0.0321. The molecule has 0 amide bonds. The Hall–Kier alpha value is -0.410. The Balaban J connectivity index is 2.66. The summed E-state index contributed by atoms with van der Waals surface area (Å²) >= 11 is 0. The van der Waals surface area contributed by atoms with Gasteiger partial charge in [-0.2, -0.15) is 0 Å². The third kappa shape index (κ3) is 1.67. The van der Waals surface area contributed by atoms with E-state index < -0.39 is 5.60 Å². The van der Waals surface area contributed by atoms with E-state index in [0.29, 0.717) is 19.4 Å². The molecule has 0 bridgehead atoms. The number of Topliss-reactive ketones (excluding diaryl/α,β-unsaturated/α-hetero) is 1. The SMILES string of the molecule is CCC(=O)C1(CO)CCCCO1. The van der Waals surface area contributed by atoms with Gasteiger partial charge in [0, 0.05) is 13.0 Å². The Kier molecular flexibility index (Phi) is 3.23. The second kappa shape index (κ2) is 4.01. The largest absolute Gasteiger partial charge is 0.393 e. The highest BCUT2D eigenvalue weighted by atomic mass is 16.5. The molecule has 0 radical (unpaired) electrons. The van der Waals surface area contributed by atoms with Crippen LogP contribution < -0.4 is 0 Å². The first-order valence-electron chi connectivity index (χ1n) is 4.53. The standard InChI is InChI=1S/C9H16O3/c1-2-8(11)9(7-10)5-3-4-6-12-9/h10H,2-7H2,1H3. The number of hydrogen-bond donors (Lipinski definition) is 1. The van der Waals surface area contributed by atoms with Crippen LogP contribution in [0.5, 0.6) is 0 Å². The van der Waals surface area contributed by atoms with Gasteiger partial charge in [0.15, 0.2) is 5.78 Å². The van der Waals surface area contributed by atoms with Crippen molar-refractivity contribution >= 4 is 5.78 Å². The molecule has 0 aromatic heterocycles.